The molecule has 1 rings (SSSR count). The molecule has 1 amide bonds. The Kier molecular flexibility index (Phi) is 6.36. The van der Waals surface area contributed by atoms with Gasteiger partial charge in [-0.1, -0.05) is 26.2 Å². The van der Waals surface area contributed by atoms with Crippen LogP contribution in [0.3, 0.4) is 0 Å². The van der Waals surface area contributed by atoms with E-state index < -0.39 is 12.1 Å². The molecule has 0 radical (unpaired) electrons. The summed E-state index contributed by atoms with van der Waals surface area (Å²) in [7, 11) is 0. The van der Waals surface area contributed by atoms with Crippen molar-refractivity contribution in [2.45, 2.75) is 32.6 Å². The van der Waals surface area contributed by atoms with Crippen LogP contribution in [0.15, 0.2) is 18.2 Å². The van der Waals surface area contributed by atoms with Crippen LogP contribution in [0.4, 0.5) is 10.5 Å². The van der Waals surface area contributed by atoms with E-state index in [9.17, 15) is 14.7 Å². The lowest BCUT2D eigenvalue weighted by atomic mass is 10.2. The topological polar surface area (TPSA) is 95.9 Å². The highest BCUT2D eigenvalue weighted by molar-refractivity contribution is 5.91. The molecule has 0 fully saturated rings. The minimum Gasteiger partial charge on any atom is -0.506 e. The monoisotopic (exact) mass is 281 g/mol. The summed E-state index contributed by atoms with van der Waals surface area (Å²) in [6.07, 6.45) is 3.34. The minimum absolute atomic E-state index is 0.0546. The quantitative estimate of drug-likeness (QED) is 0.526. The maximum absolute atomic E-state index is 11.5. The zero-order chi connectivity index (χ0) is 15.0. The lowest BCUT2D eigenvalue weighted by Gasteiger charge is -2.08. The molecule has 0 atom stereocenters. The molecule has 0 aromatic heterocycles. The van der Waals surface area contributed by atoms with Crippen molar-refractivity contribution in [3.8, 4) is 5.75 Å². The van der Waals surface area contributed by atoms with Crippen LogP contribution in [-0.4, -0.2) is 28.9 Å². The second-order valence-corrected chi connectivity index (χ2v) is 4.36. The van der Waals surface area contributed by atoms with Gasteiger partial charge in [0.2, 0.25) is 0 Å². The molecule has 6 nitrogen and oxygen atoms in total. The Morgan fingerprint density at radius 2 is 2.00 bits per heavy atom. The average Bonchev–Trinajstić information content (AvgIpc) is 2.40. The van der Waals surface area contributed by atoms with Crippen LogP contribution in [0, 0.1) is 0 Å². The molecule has 6 heteroatoms. The summed E-state index contributed by atoms with van der Waals surface area (Å²) in [5.41, 5.74) is 0.0644. The zero-order valence-corrected chi connectivity index (χ0v) is 11.4. The predicted molar refractivity (Wildman–Crippen MR) is 74.2 cm³/mol. The molecule has 0 aliphatic rings. The Bertz CT molecular complexity index is 473. The number of anilines is 1. The van der Waals surface area contributed by atoms with E-state index in [0.29, 0.717) is 6.61 Å². The first-order valence-electron chi connectivity index (χ1n) is 6.54. The van der Waals surface area contributed by atoms with Crippen LogP contribution in [0.25, 0.3) is 0 Å². The molecule has 1 aromatic rings. The first kappa shape index (κ1) is 15.8. The first-order valence-corrected chi connectivity index (χ1v) is 6.54. The third kappa shape index (κ3) is 5.17. The summed E-state index contributed by atoms with van der Waals surface area (Å²) in [5, 5.41) is 20.7. The molecule has 0 heterocycles. The zero-order valence-electron chi connectivity index (χ0n) is 11.4. The molecule has 20 heavy (non-hydrogen) atoms. The second kappa shape index (κ2) is 8.04. The SMILES string of the molecule is CCCCCCOC(=O)Nc1ccc(C(=O)O)cc1O. The summed E-state index contributed by atoms with van der Waals surface area (Å²) < 4.78 is 4.95. The van der Waals surface area contributed by atoms with Gasteiger partial charge in [-0.15, -0.1) is 0 Å². The van der Waals surface area contributed by atoms with Crippen molar-refractivity contribution in [2.75, 3.05) is 11.9 Å². The van der Waals surface area contributed by atoms with E-state index in [1.807, 2.05) is 0 Å². The molecule has 110 valence electrons. The van der Waals surface area contributed by atoms with Gasteiger partial charge in [-0.3, -0.25) is 5.32 Å². The average molecular weight is 281 g/mol. The third-order valence-corrected chi connectivity index (χ3v) is 2.71. The van der Waals surface area contributed by atoms with Gasteiger partial charge in [0, 0.05) is 0 Å². The van der Waals surface area contributed by atoms with Gasteiger partial charge < -0.3 is 14.9 Å². The lowest BCUT2D eigenvalue weighted by Crippen LogP contribution is -2.14. The molecule has 3 N–H and O–H groups in total. The Morgan fingerprint density at radius 3 is 2.60 bits per heavy atom. The number of phenolic OH excluding ortho intramolecular Hbond substituents is 1. The van der Waals surface area contributed by atoms with Crippen molar-refractivity contribution in [2.24, 2.45) is 0 Å². The van der Waals surface area contributed by atoms with Crippen molar-refractivity contribution < 1.29 is 24.5 Å². The summed E-state index contributed by atoms with van der Waals surface area (Å²) in [4.78, 5) is 22.1. The second-order valence-electron chi connectivity index (χ2n) is 4.36. The number of benzene rings is 1. The number of amides is 1. The van der Waals surface area contributed by atoms with Crippen molar-refractivity contribution in [1.29, 1.82) is 0 Å². The number of carboxylic acid groups (broad SMARTS) is 1. The molecule has 0 spiro atoms. The number of hydrogen-bond donors (Lipinski definition) is 3. The summed E-state index contributed by atoms with van der Waals surface area (Å²) in [6, 6.07) is 3.68. The minimum atomic E-state index is -1.15. The van der Waals surface area contributed by atoms with Crippen LogP contribution in [-0.2, 0) is 4.74 Å². The normalized spacial score (nSPS) is 10.1. The Morgan fingerprint density at radius 1 is 1.25 bits per heavy atom. The molecular formula is C14H19NO5. The number of carbonyl (C=O) groups excluding carboxylic acids is 1. The fourth-order valence-corrected chi connectivity index (χ4v) is 1.61. The Labute approximate surface area is 117 Å². The first-order chi connectivity index (χ1) is 9.54. The van der Waals surface area contributed by atoms with Gasteiger partial charge in [-0.25, -0.2) is 9.59 Å². The van der Waals surface area contributed by atoms with Crippen LogP contribution in [0.5, 0.6) is 5.75 Å². The number of phenols is 1. The number of aromatic hydroxyl groups is 1. The van der Waals surface area contributed by atoms with Crippen molar-refractivity contribution in [3.05, 3.63) is 23.8 Å². The highest BCUT2D eigenvalue weighted by Crippen LogP contribution is 2.24. The van der Waals surface area contributed by atoms with Gasteiger partial charge >= 0.3 is 12.1 Å². The fraction of sp³-hybridized carbons (Fsp3) is 0.429. The van der Waals surface area contributed by atoms with E-state index in [4.69, 9.17) is 9.84 Å². The molecule has 0 aliphatic carbocycles. The maximum atomic E-state index is 11.5. The van der Waals surface area contributed by atoms with Crippen LogP contribution in [0.2, 0.25) is 0 Å². The number of nitrogens with one attached hydrogen (secondary N) is 1. The van der Waals surface area contributed by atoms with Crippen LogP contribution >= 0.6 is 0 Å². The number of carboxylic acids is 1. The molecule has 0 saturated carbocycles. The summed E-state index contributed by atoms with van der Waals surface area (Å²) in [6.45, 7) is 2.41. The number of carbonyl (C=O) groups is 2. The maximum Gasteiger partial charge on any atom is 0.411 e. The number of aromatic carboxylic acids is 1. The van der Waals surface area contributed by atoms with Gasteiger partial charge in [0.15, 0.2) is 0 Å². The fourth-order valence-electron chi connectivity index (χ4n) is 1.61. The number of rotatable bonds is 7. The van der Waals surface area contributed by atoms with Gasteiger partial charge in [0.05, 0.1) is 17.9 Å². The third-order valence-electron chi connectivity index (χ3n) is 2.71. The number of unbranched alkanes of at least 4 members (excludes halogenated alkanes) is 3. The highest BCUT2D eigenvalue weighted by Gasteiger charge is 2.10. The summed E-state index contributed by atoms with van der Waals surface area (Å²) >= 11 is 0. The molecule has 1 aromatic carbocycles. The Hall–Kier alpha value is -2.24. The predicted octanol–water partition coefficient (Wildman–Crippen LogP) is 3.22. The lowest BCUT2D eigenvalue weighted by molar-refractivity contribution is 0.0696. The van der Waals surface area contributed by atoms with Gasteiger partial charge in [-0.2, -0.15) is 0 Å². The molecule has 0 aliphatic heterocycles. The molecular weight excluding hydrogens is 262 g/mol. The standard InChI is InChI=1S/C14H19NO5/c1-2-3-4-5-8-20-14(19)15-11-7-6-10(13(17)18)9-12(11)16/h6-7,9,16H,2-5,8H2,1H3,(H,15,19)(H,17,18). The van der Waals surface area contributed by atoms with Gasteiger partial charge in [-0.05, 0) is 24.6 Å². The van der Waals surface area contributed by atoms with E-state index in [2.05, 4.69) is 12.2 Å². The molecule has 0 unspecified atom stereocenters. The van der Waals surface area contributed by atoms with E-state index >= 15 is 0 Å². The largest absolute Gasteiger partial charge is 0.506 e. The van der Waals surface area contributed by atoms with E-state index in [-0.39, 0.29) is 17.0 Å². The highest BCUT2D eigenvalue weighted by atomic mass is 16.5. The molecule has 0 saturated heterocycles. The molecule has 0 bridgehead atoms. The van der Waals surface area contributed by atoms with Crippen LogP contribution < -0.4 is 5.32 Å². The smallest absolute Gasteiger partial charge is 0.411 e. The summed E-state index contributed by atoms with van der Waals surface area (Å²) in [5.74, 6) is -1.46. The van der Waals surface area contributed by atoms with E-state index in [0.717, 1.165) is 31.7 Å². The van der Waals surface area contributed by atoms with Crippen LogP contribution in [0.1, 0.15) is 43.0 Å². The van der Waals surface area contributed by atoms with Crippen molar-refractivity contribution in [3.63, 3.8) is 0 Å². The number of hydrogen-bond acceptors (Lipinski definition) is 4. The van der Waals surface area contributed by atoms with E-state index in [1.165, 1.54) is 12.1 Å². The number of ether oxygens (including phenoxy) is 1. The van der Waals surface area contributed by atoms with Gasteiger partial charge in [0.1, 0.15) is 5.75 Å². The van der Waals surface area contributed by atoms with E-state index in [1.54, 1.807) is 0 Å². The van der Waals surface area contributed by atoms with Gasteiger partial charge in [0.25, 0.3) is 0 Å². The van der Waals surface area contributed by atoms with Crippen molar-refractivity contribution >= 4 is 17.7 Å². The Balaban J connectivity index is 2.44. The van der Waals surface area contributed by atoms with Crippen molar-refractivity contribution in [1.82, 2.24) is 0 Å².